The van der Waals surface area contributed by atoms with Crippen molar-refractivity contribution >= 4 is 43.6 Å². The van der Waals surface area contributed by atoms with Crippen LogP contribution in [-0.4, -0.2) is 9.60 Å². The minimum atomic E-state index is 0.479. The lowest BCUT2D eigenvalue weighted by Crippen LogP contribution is -2.02. The zero-order valence-electron chi connectivity index (χ0n) is 7.69. The summed E-state index contributed by atoms with van der Waals surface area (Å²) < 4.78 is 0.479. The highest BCUT2D eigenvalue weighted by molar-refractivity contribution is 14.1. The van der Waals surface area contributed by atoms with E-state index >= 15 is 0 Å². The van der Waals surface area contributed by atoms with Gasteiger partial charge in [0.2, 0.25) is 0 Å². The van der Waals surface area contributed by atoms with Crippen LogP contribution in [0.15, 0.2) is 18.2 Å². The van der Waals surface area contributed by atoms with Gasteiger partial charge in [-0.2, -0.15) is 0 Å². The quantitative estimate of drug-likeness (QED) is 0.380. The van der Waals surface area contributed by atoms with E-state index in [1.807, 2.05) is 40.8 Å². The van der Waals surface area contributed by atoms with Gasteiger partial charge in [0, 0.05) is 17.1 Å². The molecule has 14 heavy (non-hydrogen) atoms. The summed E-state index contributed by atoms with van der Waals surface area (Å²) in [5.74, 6) is 0.644. The standard InChI is InChI=1S/C10H12ClIN2/c11-6-2-4-7-3-1-5-8(9(7)13)10(12)14/h1,3,5,14H,2,4,6,13H2. The smallest absolute Gasteiger partial charge is 0.101 e. The molecule has 1 aromatic carbocycles. The molecule has 0 atom stereocenters. The predicted molar refractivity (Wildman–Crippen MR) is 70.7 cm³/mol. The average molecular weight is 323 g/mol. The van der Waals surface area contributed by atoms with E-state index in [1.165, 1.54) is 0 Å². The van der Waals surface area contributed by atoms with Gasteiger partial charge in [0.15, 0.2) is 0 Å². The molecular weight excluding hydrogens is 310 g/mol. The third kappa shape index (κ3) is 2.85. The Kier molecular flexibility index (Phi) is 4.68. The van der Waals surface area contributed by atoms with Crippen molar-refractivity contribution in [3.05, 3.63) is 29.3 Å². The molecule has 3 N–H and O–H groups in total. The van der Waals surface area contributed by atoms with Crippen molar-refractivity contribution in [3.8, 4) is 0 Å². The first-order valence-electron chi connectivity index (χ1n) is 4.34. The minimum absolute atomic E-state index is 0.479. The Balaban J connectivity index is 2.95. The fraction of sp³-hybridized carbons (Fsp3) is 0.300. The van der Waals surface area contributed by atoms with E-state index in [-0.39, 0.29) is 0 Å². The van der Waals surface area contributed by atoms with E-state index in [1.54, 1.807) is 0 Å². The van der Waals surface area contributed by atoms with Crippen LogP contribution in [0.5, 0.6) is 0 Å². The Morgan fingerprint density at radius 2 is 2.21 bits per heavy atom. The van der Waals surface area contributed by atoms with Crippen LogP contribution in [0.3, 0.4) is 0 Å². The third-order valence-electron chi connectivity index (χ3n) is 2.01. The normalized spacial score (nSPS) is 10.1. The second-order valence-corrected chi connectivity index (χ2v) is 4.44. The molecule has 0 amide bonds. The number of nitrogens with two attached hydrogens (primary N) is 1. The molecule has 0 saturated carbocycles. The molecule has 1 aromatic rings. The molecule has 0 aliphatic heterocycles. The number of anilines is 1. The Morgan fingerprint density at radius 1 is 1.50 bits per heavy atom. The average Bonchev–Trinajstić information content (AvgIpc) is 2.16. The number of hydrogen-bond acceptors (Lipinski definition) is 2. The van der Waals surface area contributed by atoms with Gasteiger partial charge >= 0.3 is 0 Å². The van der Waals surface area contributed by atoms with Gasteiger partial charge in [-0.1, -0.05) is 18.2 Å². The number of benzene rings is 1. The van der Waals surface area contributed by atoms with Crippen molar-refractivity contribution in [2.75, 3.05) is 11.6 Å². The number of hydrogen-bond donors (Lipinski definition) is 2. The zero-order chi connectivity index (χ0) is 10.6. The molecule has 0 bridgehead atoms. The largest absolute Gasteiger partial charge is 0.398 e. The number of aryl methyl sites for hydroxylation is 1. The van der Waals surface area contributed by atoms with E-state index in [0.29, 0.717) is 9.60 Å². The van der Waals surface area contributed by atoms with Gasteiger partial charge in [-0.3, -0.25) is 5.41 Å². The maximum absolute atomic E-state index is 7.53. The summed E-state index contributed by atoms with van der Waals surface area (Å²) in [5, 5.41) is 7.53. The Hall–Kier alpha value is -0.290. The first-order chi connectivity index (χ1) is 6.66. The highest BCUT2D eigenvalue weighted by Crippen LogP contribution is 2.21. The van der Waals surface area contributed by atoms with E-state index in [0.717, 1.165) is 29.7 Å². The van der Waals surface area contributed by atoms with E-state index < -0.39 is 0 Å². The number of rotatable bonds is 4. The first kappa shape index (κ1) is 11.8. The maximum Gasteiger partial charge on any atom is 0.101 e. The summed E-state index contributed by atoms with van der Waals surface area (Å²) in [6.07, 6.45) is 1.80. The SMILES string of the molecule is N=C(I)c1cccc(CCCCl)c1N. The fourth-order valence-corrected chi connectivity index (χ4v) is 1.88. The van der Waals surface area contributed by atoms with Gasteiger partial charge in [0.25, 0.3) is 0 Å². The monoisotopic (exact) mass is 322 g/mol. The number of alkyl halides is 1. The molecule has 0 heterocycles. The molecule has 0 fully saturated rings. The van der Waals surface area contributed by atoms with Crippen LogP contribution >= 0.6 is 34.2 Å². The van der Waals surface area contributed by atoms with E-state index in [4.69, 9.17) is 22.7 Å². The van der Waals surface area contributed by atoms with E-state index in [2.05, 4.69) is 0 Å². The molecule has 0 aliphatic rings. The topological polar surface area (TPSA) is 49.9 Å². The summed E-state index contributed by atoms with van der Waals surface area (Å²) in [5.41, 5.74) is 8.56. The lowest BCUT2D eigenvalue weighted by atomic mass is 10.0. The van der Waals surface area contributed by atoms with Gasteiger partial charge in [-0.15, -0.1) is 11.6 Å². The molecule has 76 valence electrons. The Labute approximate surface area is 102 Å². The molecule has 0 radical (unpaired) electrons. The van der Waals surface area contributed by atoms with Crippen molar-refractivity contribution in [2.45, 2.75) is 12.8 Å². The second kappa shape index (κ2) is 5.56. The molecule has 0 saturated heterocycles. The van der Waals surface area contributed by atoms with Gasteiger partial charge in [0.05, 0.1) is 0 Å². The summed E-state index contributed by atoms with van der Waals surface area (Å²) in [7, 11) is 0. The molecule has 2 nitrogen and oxygen atoms in total. The van der Waals surface area contributed by atoms with Crippen molar-refractivity contribution in [2.24, 2.45) is 0 Å². The molecule has 4 heteroatoms. The number of halogens is 2. The lowest BCUT2D eigenvalue weighted by Gasteiger charge is -2.08. The van der Waals surface area contributed by atoms with E-state index in [9.17, 15) is 0 Å². The molecule has 0 aliphatic carbocycles. The van der Waals surface area contributed by atoms with Gasteiger partial charge < -0.3 is 5.73 Å². The van der Waals surface area contributed by atoms with Crippen molar-refractivity contribution in [1.82, 2.24) is 0 Å². The first-order valence-corrected chi connectivity index (χ1v) is 5.96. The van der Waals surface area contributed by atoms with Crippen molar-refractivity contribution in [3.63, 3.8) is 0 Å². The van der Waals surface area contributed by atoms with Crippen LogP contribution in [-0.2, 0) is 6.42 Å². The van der Waals surface area contributed by atoms with Crippen LogP contribution in [0.4, 0.5) is 5.69 Å². The minimum Gasteiger partial charge on any atom is -0.398 e. The zero-order valence-corrected chi connectivity index (χ0v) is 10.6. The summed E-state index contributed by atoms with van der Waals surface area (Å²) >= 11 is 7.59. The highest BCUT2D eigenvalue weighted by Gasteiger charge is 2.06. The molecule has 0 aromatic heterocycles. The lowest BCUT2D eigenvalue weighted by molar-refractivity contribution is 0.931. The van der Waals surface area contributed by atoms with Crippen LogP contribution < -0.4 is 5.73 Å². The van der Waals surface area contributed by atoms with Gasteiger partial charge in [0.1, 0.15) is 3.72 Å². The molecule has 1 rings (SSSR count). The third-order valence-corrected chi connectivity index (χ3v) is 2.86. The van der Waals surface area contributed by atoms with Crippen LogP contribution in [0.2, 0.25) is 0 Å². The van der Waals surface area contributed by atoms with Crippen LogP contribution in [0.25, 0.3) is 0 Å². The number of nitrogens with one attached hydrogen (secondary N) is 1. The number of nitrogen functional groups attached to an aromatic ring is 1. The molecule has 0 unspecified atom stereocenters. The van der Waals surface area contributed by atoms with Crippen LogP contribution in [0.1, 0.15) is 17.5 Å². The second-order valence-electron chi connectivity index (χ2n) is 2.98. The van der Waals surface area contributed by atoms with Crippen molar-refractivity contribution in [1.29, 1.82) is 5.41 Å². The molecule has 0 spiro atoms. The number of para-hydroxylation sites is 1. The Bertz CT molecular complexity index is 339. The summed E-state index contributed by atoms with van der Waals surface area (Å²) in [6.45, 7) is 0. The summed E-state index contributed by atoms with van der Waals surface area (Å²) in [6, 6.07) is 5.79. The predicted octanol–water partition coefficient (Wildman–Crippen LogP) is 3.20. The summed E-state index contributed by atoms with van der Waals surface area (Å²) in [4.78, 5) is 0. The molecular formula is C10H12ClIN2. The van der Waals surface area contributed by atoms with Crippen LogP contribution in [0, 0.1) is 5.41 Å². The van der Waals surface area contributed by atoms with Gasteiger partial charge in [-0.05, 0) is 41.0 Å². The highest BCUT2D eigenvalue weighted by atomic mass is 127. The Morgan fingerprint density at radius 3 is 2.79 bits per heavy atom. The maximum atomic E-state index is 7.53. The van der Waals surface area contributed by atoms with Gasteiger partial charge in [-0.25, -0.2) is 0 Å². The fourth-order valence-electron chi connectivity index (χ4n) is 1.28. The van der Waals surface area contributed by atoms with Crippen molar-refractivity contribution < 1.29 is 0 Å².